The lowest BCUT2D eigenvalue weighted by Crippen LogP contribution is -2.28. The van der Waals surface area contributed by atoms with E-state index in [4.69, 9.17) is 4.52 Å². The second-order valence-corrected chi connectivity index (χ2v) is 6.30. The number of carbonyl (C=O) groups excluding carboxylic acids is 2. The molecular weight excluding hydrogens is 346 g/mol. The Labute approximate surface area is 158 Å². The number of carbonyl (C=O) groups is 2. The topological polar surface area (TPSA) is 109 Å². The van der Waals surface area contributed by atoms with Crippen LogP contribution >= 0.6 is 0 Å². The molecule has 0 fully saturated rings. The van der Waals surface area contributed by atoms with E-state index in [2.05, 4.69) is 32.7 Å². The SMILES string of the molecule is C=CCNC(=O)Nc1ccc(NC(=O)CCCc2nc(C(C)C)no2)cc1. The largest absolute Gasteiger partial charge is 0.339 e. The van der Waals surface area contributed by atoms with Gasteiger partial charge in [0.2, 0.25) is 11.8 Å². The number of benzene rings is 1. The molecule has 1 heterocycles. The summed E-state index contributed by atoms with van der Waals surface area (Å²) in [4.78, 5) is 27.9. The maximum atomic E-state index is 12.0. The molecule has 0 aliphatic carbocycles. The lowest BCUT2D eigenvalue weighted by molar-refractivity contribution is -0.116. The average Bonchev–Trinajstić information content (AvgIpc) is 3.11. The van der Waals surface area contributed by atoms with E-state index in [9.17, 15) is 9.59 Å². The number of hydrogen-bond donors (Lipinski definition) is 3. The first-order chi connectivity index (χ1) is 13.0. The Morgan fingerprint density at radius 3 is 2.44 bits per heavy atom. The van der Waals surface area contributed by atoms with Crippen LogP contribution in [-0.2, 0) is 11.2 Å². The van der Waals surface area contributed by atoms with Gasteiger partial charge in [0.1, 0.15) is 0 Å². The van der Waals surface area contributed by atoms with Gasteiger partial charge >= 0.3 is 6.03 Å². The van der Waals surface area contributed by atoms with Gasteiger partial charge in [-0.2, -0.15) is 4.98 Å². The quantitative estimate of drug-likeness (QED) is 0.585. The van der Waals surface area contributed by atoms with E-state index >= 15 is 0 Å². The van der Waals surface area contributed by atoms with Gasteiger partial charge in [0, 0.05) is 36.7 Å². The van der Waals surface area contributed by atoms with Gasteiger partial charge in [-0.15, -0.1) is 6.58 Å². The summed E-state index contributed by atoms with van der Waals surface area (Å²) >= 11 is 0. The van der Waals surface area contributed by atoms with Crippen LogP contribution in [0, 0.1) is 0 Å². The van der Waals surface area contributed by atoms with Crippen LogP contribution < -0.4 is 16.0 Å². The highest BCUT2D eigenvalue weighted by Crippen LogP contribution is 2.15. The molecule has 0 aliphatic heterocycles. The van der Waals surface area contributed by atoms with Crippen molar-refractivity contribution in [3.8, 4) is 0 Å². The van der Waals surface area contributed by atoms with Crippen LogP contribution in [-0.4, -0.2) is 28.6 Å². The molecular formula is C19H25N5O3. The molecule has 3 N–H and O–H groups in total. The predicted octanol–water partition coefficient (Wildman–Crippen LogP) is 3.46. The molecule has 0 saturated heterocycles. The first-order valence-corrected chi connectivity index (χ1v) is 8.86. The molecule has 3 amide bonds. The Kier molecular flexibility index (Phi) is 7.54. The van der Waals surface area contributed by atoms with Crippen LogP contribution in [0.3, 0.4) is 0 Å². The Bertz CT molecular complexity index is 768. The molecule has 8 nitrogen and oxygen atoms in total. The zero-order valence-corrected chi connectivity index (χ0v) is 15.6. The molecule has 0 atom stereocenters. The van der Waals surface area contributed by atoms with Gasteiger partial charge in [-0.25, -0.2) is 4.79 Å². The van der Waals surface area contributed by atoms with Gasteiger partial charge < -0.3 is 20.5 Å². The molecule has 0 aliphatic rings. The Morgan fingerprint density at radius 2 is 1.85 bits per heavy atom. The maximum Gasteiger partial charge on any atom is 0.319 e. The van der Waals surface area contributed by atoms with Crippen molar-refractivity contribution >= 4 is 23.3 Å². The highest BCUT2D eigenvalue weighted by molar-refractivity contribution is 5.92. The average molecular weight is 371 g/mol. The highest BCUT2D eigenvalue weighted by atomic mass is 16.5. The number of hydrogen-bond acceptors (Lipinski definition) is 5. The lowest BCUT2D eigenvalue weighted by atomic mass is 10.2. The number of urea groups is 1. The Hall–Kier alpha value is -3.16. The van der Waals surface area contributed by atoms with E-state index in [1.165, 1.54) is 0 Å². The molecule has 0 spiro atoms. The van der Waals surface area contributed by atoms with E-state index in [0.29, 0.717) is 48.9 Å². The Balaban J connectivity index is 1.73. The first-order valence-electron chi connectivity index (χ1n) is 8.86. The minimum Gasteiger partial charge on any atom is -0.339 e. The summed E-state index contributed by atoms with van der Waals surface area (Å²) in [5, 5.41) is 12.0. The van der Waals surface area contributed by atoms with Crippen molar-refractivity contribution in [1.82, 2.24) is 15.5 Å². The summed E-state index contributed by atoms with van der Waals surface area (Å²) in [6.45, 7) is 7.92. The fourth-order valence-corrected chi connectivity index (χ4v) is 2.20. The van der Waals surface area contributed by atoms with Gasteiger partial charge in [-0.1, -0.05) is 25.1 Å². The third-order valence-corrected chi connectivity index (χ3v) is 3.63. The summed E-state index contributed by atoms with van der Waals surface area (Å²) in [6, 6.07) is 6.58. The molecule has 144 valence electrons. The first kappa shape index (κ1) is 20.2. The van der Waals surface area contributed by atoms with Crippen molar-refractivity contribution in [2.45, 2.75) is 39.0 Å². The number of rotatable bonds is 9. The molecule has 27 heavy (non-hydrogen) atoms. The third kappa shape index (κ3) is 6.93. The summed E-state index contributed by atoms with van der Waals surface area (Å²) in [7, 11) is 0. The summed E-state index contributed by atoms with van der Waals surface area (Å²) in [6.07, 6.45) is 3.13. The minimum absolute atomic E-state index is 0.0944. The van der Waals surface area contributed by atoms with Crippen LogP contribution in [0.15, 0.2) is 41.4 Å². The van der Waals surface area contributed by atoms with Crippen molar-refractivity contribution < 1.29 is 14.1 Å². The van der Waals surface area contributed by atoms with E-state index in [-0.39, 0.29) is 17.9 Å². The summed E-state index contributed by atoms with van der Waals surface area (Å²) < 4.78 is 5.16. The van der Waals surface area contributed by atoms with Crippen molar-refractivity contribution in [1.29, 1.82) is 0 Å². The molecule has 8 heteroatoms. The molecule has 1 aromatic heterocycles. The van der Waals surface area contributed by atoms with Crippen LogP contribution in [0.25, 0.3) is 0 Å². The molecule has 2 rings (SSSR count). The zero-order chi connectivity index (χ0) is 19.6. The second-order valence-electron chi connectivity index (χ2n) is 6.30. The number of amides is 3. The van der Waals surface area contributed by atoms with E-state index in [1.807, 2.05) is 13.8 Å². The molecule has 0 bridgehead atoms. The van der Waals surface area contributed by atoms with Gasteiger partial charge in [-0.3, -0.25) is 4.79 Å². The van der Waals surface area contributed by atoms with Gasteiger partial charge in [-0.05, 0) is 30.7 Å². The predicted molar refractivity (Wildman–Crippen MR) is 104 cm³/mol. The standard InChI is InChI=1S/C19H25N5O3/c1-4-12-20-19(26)22-15-10-8-14(9-11-15)21-16(25)6-5-7-17-23-18(13(2)3)24-27-17/h4,8-11,13H,1,5-7,12H2,2-3H3,(H,21,25)(H2,20,22,26). The number of anilines is 2. The van der Waals surface area contributed by atoms with Gasteiger partial charge in [0.15, 0.2) is 5.82 Å². The summed E-state index contributed by atoms with van der Waals surface area (Å²) in [5.41, 5.74) is 1.30. The monoisotopic (exact) mass is 371 g/mol. The molecule has 0 unspecified atom stereocenters. The number of aromatic nitrogens is 2. The molecule has 0 saturated carbocycles. The van der Waals surface area contributed by atoms with Crippen LogP contribution in [0.2, 0.25) is 0 Å². The molecule has 0 radical (unpaired) electrons. The van der Waals surface area contributed by atoms with E-state index < -0.39 is 0 Å². The van der Waals surface area contributed by atoms with E-state index in [0.717, 1.165) is 0 Å². The maximum absolute atomic E-state index is 12.0. The smallest absolute Gasteiger partial charge is 0.319 e. The second kappa shape index (κ2) is 10.1. The fraction of sp³-hybridized carbons (Fsp3) is 0.368. The molecule has 2 aromatic rings. The van der Waals surface area contributed by atoms with Crippen LogP contribution in [0.1, 0.15) is 44.3 Å². The Morgan fingerprint density at radius 1 is 1.19 bits per heavy atom. The van der Waals surface area contributed by atoms with Crippen LogP contribution in [0.4, 0.5) is 16.2 Å². The number of nitrogens with zero attached hydrogens (tertiary/aromatic N) is 2. The zero-order valence-electron chi connectivity index (χ0n) is 15.6. The van der Waals surface area contributed by atoms with Crippen molar-refractivity contribution in [2.24, 2.45) is 0 Å². The number of nitrogens with one attached hydrogen (secondary N) is 3. The highest BCUT2D eigenvalue weighted by Gasteiger charge is 2.10. The van der Waals surface area contributed by atoms with Crippen LogP contribution in [0.5, 0.6) is 0 Å². The lowest BCUT2D eigenvalue weighted by Gasteiger charge is -2.08. The van der Waals surface area contributed by atoms with Crippen molar-refractivity contribution in [3.63, 3.8) is 0 Å². The van der Waals surface area contributed by atoms with Crippen molar-refractivity contribution in [3.05, 3.63) is 48.6 Å². The normalized spacial score (nSPS) is 10.5. The van der Waals surface area contributed by atoms with Crippen molar-refractivity contribution in [2.75, 3.05) is 17.2 Å². The third-order valence-electron chi connectivity index (χ3n) is 3.63. The number of aryl methyl sites for hydroxylation is 1. The van der Waals surface area contributed by atoms with Gasteiger partial charge in [0.25, 0.3) is 0 Å². The minimum atomic E-state index is -0.312. The van der Waals surface area contributed by atoms with E-state index in [1.54, 1.807) is 30.3 Å². The van der Waals surface area contributed by atoms with Gasteiger partial charge in [0.05, 0.1) is 0 Å². The fourth-order valence-electron chi connectivity index (χ4n) is 2.20. The molecule has 1 aromatic carbocycles. The summed E-state index contributed by atoms with van der Waals surface area (Å²) in [5.74, 6) is 1.36.